The fraction of sp³-hybridized carbons (Fsp3) is 0.500. The Morgan fingerprint density at radius 2 is 2.13 bits per heavy atom. The van der Waals surface area contributed by atoms with Crippen molar-refractivity contribution in [3.05, 3.63) is 29.8 Å². The van der Waals surface area contributed by atoms with Crippen LogP contribution >= 0.6 is 11.8 Å². The lowest BCUT2D eigenvalue weighted by Gasteiger charge is -2.46. The summed E-state index contributed by atoms with van der Waals surface area (Å²) in [7, 11) is 0. The lowest BCUT2D eigenvalue weighted by atomic mass is 9.63. The molecule has 1 aliphatic carbocycles. The predicted octanol–water partition coefficient (Wildman–Crippen LogP) is 1.76. The van der Waals surface area contributed by atoms with Gasteiger partial charge in [-0.2, -0.15) is 0 Å². The first-order valence-corrected chi connectivity index (χ1v) is 6.46. The molecule has 82 valence electrons. The molecule has 0 radical (unpaired) electrons. The maximum Gasteiger partial charge on any atom is 0.0558 e. The van der Waals surface area contributed by atoms with Gasteiger partial charge in [0.05, 0.1) is 6.10 Å². The minimum absolute atomic E-state index is 0.0268. The van der Waals surface area contributed by atoms with Crippen molar-refractivity contribution in [1.82, 2.24) is 0 Å². The van der Waals surface area contributed by atoms with Crippen molar-refractivity contribution in [2.75, 3.05) is 12.8 Å². The Labute approximate surface area is 94.9 Å². The smallest absolute Gasteiger partial charge is 0.0558 e. The second kappa shape index (κ2) is 4.16. The van der Waals surface area contributed by atoms with Crippen molar-refractivity contribution in [3.63, 3.8) is 0 Å². The van der Waals surface area contributed by atoms with E-state index in [-0.39, 0.29) is 11.5 Å². The number of thioether (sulfide) groups is 1. The van der Waals surface area contributed by atoms with Crippen molar-refractivity contribution in [1.29, 1.82) is 0 Å². The summed E-state index contributed by atoms with van der Waals surface area (Å²) >= 11 is 1.75. The van der Waals surface area contributed by atoms with E-state index >= 15 is 0 Å². The van der Waals surface area contributed by atoms with Crippen molar-refractivity contribution in [3.8, 4) is 0 Å². The molecule has 0 unspecified atom stereocenters. The number of benzene rings is 1. The second-order valence-electron chi connectivity index (χ2n) is 4.25. The Morgan fingerprint density at radius 3 is 2.67 bits per heavy atom. The van der Waals surface area contributed by atoms with Gasteiger partial charge < -0.3 is 10.8 Å². The number of aliphatic hydroxyl groups excluding tert-OH is 1. The van der Waals surface area contributed by atoms with Gasteiger partial charge in [0.2, 0.25) is 0 Å². The lowest BCUT2D eigenvalue weighted by molar-refractivity contribution is 0.0209. The third-order valence-corrected chi connectivity index (χ3v) is 4.12. The van der Waals surface area contributed by atoms with Crippen molar-refractivity contribution in [2.45, 2.75) is 29.3 Å². The quantitative estimate of drug-likeness (QED) is 0.768. The fourth-order valence-electron chi connectivity index (χ4n) is 2.42. The summed E-state index contributed by atoms with van der Waals surface area (Å²) in [6.07, 6.45) is 3.53. The Morgan fingerprint density at radius 1 is 1.47 bits per heavy atom. The average Bonchev–Trinajstić information content (AvgIpc) is 2.24. The Hall–Kier alpha value is -0.510. The maximum absolute atomic E-state index is 9.48. The largest absolute Gasteiger partial charge is 0.393 e. The van der Waals surface area contributed by atoms with Gasteiger partial charge in [0.1, 0.15) is 0 Å². The van der Waals surface area contributed by atoms with E-state index in [1.54, 1.807) is 11.8 Å². The van der Waals surface area contributed by atoms with E-state index in [0.717, 1.165) is 12.8 Å². The highest BCUT2D eigenvalue weighted by atomic mass is 32.2. The van der Waals surface area contributed by atoms with E-state index in [2.05, 4.69) is 30.5 Å². The third-order valence-electron chi connectivity index (χ3n) is 3.32. The zero-order valence-electron chi connectivity index (χ0n) is 8.94. The molecule has 0 aliphatic heterocycles. The van der Waals surface area contributed by atoms with Crippen LogP contribution in [0.3, 0.4) is 0 Å². The van der Waals surface area contributed by atoms with Crippen LogP contribution in [0.25, 0.3) is 0 Å². The highest BCUT2D eigenvalue weighted by Gasteiger charge is 2.44. The molecule has 0 spiro atoms. The van der Waals surface area contributed by atoms with Gasteiger partial charge in [-0.1, -0.05) is 18.2 Å². The third kappa shape index (κ3) is 1.80. The minimum atomic E-state index is -0.163. The molecule has 0 atom stereocenters. The SMILES string of the molecule is CSc1ccccc1C1(CN)CC(O)C1. The zero-order valence-corrected chi connectivity index (χ0v) is 9.76. The molecule has 0 saturated heterocycles. The van der Waals surface area contributed by atoms with Crippen LogP contribution in [-0.2, 0) is 5.41 Å². The summed E-state index contributed by atoms with van der Waals surface area (Å²) in [6.45, 7) is 0.627. The highest BCUT2D eigenvalue weighted by Crippen LogP contribution is 2.45. The van der Waals surface area contributed by atoms with Crippen LogP contribution in [0.15, 0.2) is 29.2 Å². The van der Waals surface area contributed by atoms with Gasteiger partial charge in [0.15, 0.2) is 0 Å². The van der Waals surface area contributed by atoms with Gasteiger partial charge in [-0.3, -0.25) is 0 Å². The monoisotopic (exact) mass is 223 g/mol. The molecule has 0 aromatic heterocycles. The van der Waals surface area contributed by atoms with Crippen LogP contribution in [0.4, 0.5) is 0 Å². The summed E-state index contributed by atoms with van der Waals surface area (Å²) < 4.78 is 0. The topological polar surface area (TPSA) is 46.2 Å². The van der Waals surface area contributed by atoms with E-state index in [9.17, 15) is 5.11 Å². The van der Waals surface area contributed by atoms with Gasteiger partial charge >= 0.3 is 0 Å². The van der Waals surface area contributed by atoms with Crippen LogP contribution in [0.5, 0.6) is 0 Å². The van der Waals surface area contributed by atoms with E-state index in [4.69, 9.17) is 5.73 Å². The molecule has 0 heterocycles. The van der Waals surface area contributed by atoms with E-state index in [0.29, 0.717) is 6.54 Å². The lowest BCUT2D eigenvalue weighted by Crippen LogP contribution is -2.50. The molecule has 0 amide bonds. The first-order chi connectivity index (χ1) is 7.22. The van der Waals surface area contributed by atoms with Gasteiger partial charge in [-0.15, -0.1) is 11.8 Å². The van der Waals surface area contributed by atoms with Gasteiger partial charge in [0, 0.05) is 16.9 Å². The van der Waals surface area contributed by atoms with Gasteiger partial charge in [0.25, 0.3) is 0 Å². The predicted molar refractivity (Wildman–Crippen MR) is 64.2 cm³/mol. The summed E-state index contributed by atoms with van der Waals surface area (Å²) in [5.74, 6) is 0. The molecule has 0 bridgehead atoms. The zero-order chi connectivity index (χ0) is 10.9. The first-order valence-electron chi connectivity index (χ1n) is 5.23. The molecule has 1 aromatic rings. The van der Waals surface area contributed by atoms with Crippen LogP contribution in [0.1, 0.15) is 18.4 Å². The molecule has 2 rings (SSSR count). The van der Waals surface area contributed by atoms with Crippen LogP contribution < -0.4 is 5.73 Å². The molecule has 1 aromatic carbocycles. The standard InChI is InChI=1S/C12H17NOS/c1-15-11-5-3-2-4-10(11)12(8-13)6-9(14)7-12/h2-5,9,14H,6-8,13H2,1H3. The van der Waals surface area contributed by atoms with Crippen molar-refractivity contribution < 1.29 is 5.11 Å². The Balaban J connectivity index is 2.35. The number of aliphatic hydroxyl groups is 1. The van der Waals surface area contributed by atoms with Crippen molar-refractivity contribution in [2.24, 2.45) is 5.73 Å². The van der Waals surface area contributed by atoms with E-state index in [1.165, 1.54) is 10.5 Å². The summed E-state index contributed by atoms with van der Waals surface area (Å²) in [5, 5.41) is 9.48. The Kier molecular flexibility index (Phi) is 3.05. The van der Waals surface area contributed by atoms with Crippen LogP contribution in [-0.4, -0.2) is 24.0 Å². The molecular formula is C12H17NOS. The average molecular weight is 223 g/mol. The minimum Gasteiger partial charge on any atom is -0.393 e. The maximum atomic E-state index is 9.48. The summed E-state index contributed by atoms with van der Waals surface area (Å²) in [5.41, 5.74) is 7.20. The van der Waals surface area contributed by atoms with Crippen molar-refractivity contribution >= 4 is 11.8 Å². The van der Waals surface area contributed by atoms with E-state index in [1.807, 2.05) is 0 Å². The highest BCUT2D eigenvalue weighted by molar-refractivity contribution is 7.98. The summed E-state index contributed by atoms with van der Waals surface area (Å²) in [6, 6.07) is 8.37. The van der Waals surface area contributed by atoms with Crippen LogP contribution in [0, 0.1) is 0 Å². The number of hydrogen-bond acceptors (Lipinski definition) is 3. The second-order valence-corrected chi connectivity index (χ2v) is 5.09. The normalized spacial score (nSPS) is 29.9. The van der Waals surface area contributed by atoms with Crippen LogP contribution in [0.2, 0.25) is 0 Å². The molecular weight excluding hydrogens is 206 g/mol. The summed E-state index contributed by atoms with van der Waals surface area (Å²) in [4.78, 5) is 1.29. The Bertz CT molecular complexity index is 347. The molecule has 1 fully saturated rings. The molecule has 1 saturated carbocycles. The molecule has 1 aliphatic rings. The van der Waals surface area contributed by atoms with Gasteiger partial charge in [-0.25, -0.2) is 0 Å². The molecule has 15 heavy (non-hydrogen) atoms. The number of rotatable bonds is 3. The molecule has 3 heteroatoms. The number of hydrogen-bond donors (Lipinski definition) is 2. The van der Waals surface area contributed by atoms with E-state index < -0.39 is 0 Å². The number of nitrogens with two attached hydrogens (primary N) is 1. The fourth-order valence-corrected chi connectivity index (χ4v) is 3.14. The molecule has 3 N–H and O–H groups in total. The first kappa shape index (κ1) is 11.0. The van der Waals surface area contributed by atoms with Gasteiger partial charge in [-0.05, 0) is 30.7 Å². The molecule has 2 nitrogen and oxygen atoms in total.